The SMILES string of the molecule is Cc1ccc(NC(=O)C(C)(CC(F)P(=O)(O)O)NC(=O)OCC2c3ccccc3-c3ccccc32)cc1. The standard InChI is InChI=1S/C27H28FN2O6P/c1-17-11-13-18(14-12-17)29-25(31)27(2,15-24(28)37(33,34)35)30-26(32)36-16-23-21-9-5-3-7-19(21)20-8-4-6-10-22(20)23/h3-14,23-24H,15-16H2,1-2H3,(H,29,31)(H,30,32)(H2,33,34,35). The first kappa shape index (κ1) is 26.5. The maximum Gasteiger partial charge on any atom is 0.408 e. The highest BCUT2D eigenvalue weighted by molar-refractivity contribution is 7.52. The highest BCUT2D eigenvalue weighted by Gasteiger charge is 2.43. The molecule has 0 aliphatic heterocycles. The number of ether oxygens (including phenoxy) is 1. The van der Waals surface area contributed by atoms with Gasteiger partial charge < -0.3 is 25.2 Å². The zero-order valence-electron chi connectivity index (χ0n) is 20.3. The molecule has 0 saturated carbocycles. The predicted molar refractivity (Wildman–Crippen MR) is 138 cm³/mol. The average Bonchev–Trinajstić information content (AvgIpc) is 3.17. The number of aryl methyl sites for hydroxylation is 1. The van der Waals surface area contributed by atoms with Crippen LogP contribution in [-0.4, -0.2) is 39.8 Å². The average molecular weight is 527 g/mol. The molecule has 2 unspecified atom stereocenters. The Morgan fingerprint density at radius 1 is 1.00 bits per heavy atom. The molecule has 0 heterocycles. The number of fused-ring (bicyclic) bond motifs is 3. The van der Waals surface area contributed by atoms with Crippen molar-refractivity contribution < 1.29 is 33.1 Å². The van der Waals surface area contributed by atoms with Crippen LogP contribution in [0.2, 0.25) is 0 Å². The van der Waals surface area contributed by atoms with Gasteiger partial charge in [-0.25, -0.2) is 9.18 Å². The lowest BCUT2D eigenvalue weighted by molar-refractivity contribution is -0.122. The van der Waals surface area contributed by atoms with Gasteiger partial charge in [0, 0.05) is 18.0 Å². The zero-order valence-corrected chi connectivity index (χ0v) is 21.2. The first-order chi connectivity index (χ1) is 17.5. The van der Waals surface area contributed by atoms with E-state index in [1.54, 1.807) is 24.3 Å². The van der Waals surface area contributed by atoms with Gasteiger partial charge in [0.05, 0.1) is 0 Å². The van der Waals surface area contributed by atoms with Crippen molar-refractivity contribution in [3.8, 4) is 11.1 Å². The molecule has 10 heteroatoms. The number of hydrogen-bond donors (Lipinski definition) is 4. The fourth-order valence-corrected chi connectivity index (χ4v) is 5.02. The summed E-state index contributed by atoms with van der Waals surface area (Å²) in [5.41, 5.74) is 3.36. The zero-order chi connectivity index (χ0) is 26.8. The molecule has 194 valence electrons. The van der Waals surface area contributed by atoms with E-state index in [0.717, 1.165) is 27.8 Å². The van der Waals surface area contributed by atoms with E-state index >= 15 is 0 Å². The Labute approximate surface area is 214 Å². The molecule has 0 fully saturated rings. The first-order valence-corrected chi connectivity index (χ1v) is 13.4. The first-order valence-electron chi connectivity index (χ1n) is 11.7. The Morgan fingerprint density at radius 3 is 2.08 bits per heavy atom. The summed E-state index contributed by atoms with van der Waals surface area (Å²) in [6, 6.07) is 22.3. The molecule has 0 radical (unpaired) electrons. The van der Waals surface area contributed by atoms with Crippen molar-refractivity contribution in [3.63, 3.8) is 0 Å². The molecule has 0 spiro atoms. The number of hydrogen-bond acceptors (Lipinski definition) is 4. The minimum Gasteiger partial charge on any atom is -0.449 e. The van der Waals surface area contributed by atoms with Gasteiger partial charge >= 0.3 is 13.7 Å². The highest BCUT2D eigenvalue weighted by Crippen LogP contribution is 2.46. The van der Waals surface area contributed by atoms with Gasteiger partial charge in [-0.1, -0.05) is 66.2 Å². The maximum absolute atomic E-state index is 14.4. The van der Waals surface area contributed by atoms with Gasteiger partial charge in [-0.2, -0.15) is 0 Å². The molecule has 0 bridgehead atoms. The van der Waals surface area contributed by atoms with Crippen LogP contribution < -0.4 is 10.6 Å². The molecule has 3 aromatic rings. The molecule has 37 heavy (non-hydrogen) atoms. The van der Waals surface area contributed by atoms with E-state index in [0.29, 0.717) is 5.69 Å². The second-order valence-electron chi connectivity index (χ2n) is 9.33. The second kappa shape index (κ2) is 10.5. The monoisotopic (exact) mass is 526 g/mol. The van der Waals surface area contributed by atoms with E-state index in [1.165, 1.54) is 6.92 Å². The number of nitrogens with one attached hydrogen (secondary N) is 2. The van der Waals surface area contributed by atoms with Crippen LogP contribution in [0, 0.1) is 6.92 Å². The van der Waals surface area contributed by atoms with Gasteiger partial charge in [-0.3, -0.25) is 9.36 Å². The summed E-state index contributed by atoms with van der Waals surface area (Å²) < 4.78 is 31.4. The van der Waals surface area contributed by atoms with Crippen molar-refractivity contribution >= 4 is 25.3 Å². The van der Waals surface area contributed by atoms with Crippen LogP contribution in [0.5, 0.6) is 0 Å². The van der Waals surface area contributed by atoms with E-state index in [9.17, 15) is 28.3 Å². The summed E-state index contributed by atoms with van der Waals surface area (Å²) in [6.07, 6.45) is -1.97. The summed E-state index contributed by atoms with van der Waals surface area (Å²) in [5, 5.41) is 4.91. The van der Waals surface area contributed by atoms with Crippen LogP contribution in [0.1, 0.15) is 36.0 Å². The van der Waals surface area contributed by atoms with Gasteiger partial charge in [0.15, 0.2) is 0 Å². The number of alkyl halides is 1. The van der Waals surface area contributed by atoms with Crippen LogP contribution in [0.3, 0.4) is 0 Å². The highest BCUT2D eigenvalue weighted by atomic mass is 31.2. The molecule has 3 aromatic carbocycles. The largest absolute Gasteiger partial charge is 0.449 e. The third kappa shape index (κ3) is 5.91. The number of amides is 2. The van der Waals surface area contributed by atoms with Crippen molar-refractivity contribution in [2.45, 2.75) is 37.6 Å². The fraction of sp³-hybridized carbons (Fsp3) is 0.259. The Balaban J connectivity index is 1.51. The Hall–Kier alpha value is -3.52. The Bertz CT molecular complexity index is 1310. The summed E-state index contributed by atoms with van der Waals surface area (Å²) in [6.45, 7) is 3.01. The third-order valence-electron chi connectivity index (χ3n) is 6.47. The number of rotatable bonds is 8. The summed E-state index contributed by atoms with van der Waals surface area (Å²) in [4.78, 5) is 44.5. The number of carbonyl (C=O) groups is 2. The minimum absolute atomic E-state index is 0.0485. The molecule has 1 aliphatic carbocycles. The lowest BCUT2D eigenvalue weighted by Crippen LogP contribution is -2.56. The topological polar surface area (TPSA) is 125 Å². The van der Waals surface area contributed by atoms with Crippen molar-refractivity contribution in [1.82, 2.24) is 5.32 Å². The number of alkyl carbamates (subject to hydrolysis) is 1. The van der Waals surface area contributed by atoms with Crippen LogP contribution in [0.4, 0.5) is 14.9 Å². The van der Waals surface area contributed by atoms with Crippen molar-refractivity contribution in [1.29, 1.82) is 0 Å². The molecular weight excluding hydrogens is 498 g/mol. The van der Waals surface area contributed by atoms with Gasteiger partial charge in [0.25, 0.3) is 0 Å². The molecular formula is C27H28FN2O6P. The Morgan fingerprint density at radius 2 is 1.54 bits per heavy atom. The maximum atomic E-state index is 14.4. The molecule has 0 aromatic heterocycles. The van der Waals surface area contributed by atoms with Crippen LogP contribution in [-0.2, 0) is 14.1 Å². The number of carbonyl (C=O) groups excluding carboxylic acids is 2. The van der Waals surface area contributed by atoms with E-state index in [1.807, 2.05) is 55.5 Å². The molecule has 4 rings (SSSR count). The molecule has 1 aliphatic rings. The van der Waals surface area contributed by atoms with Gasteiger partial charge in [-0.05, 0) is 48.2 Å². The van der Waals surface area contributed by atoms with Crippen molar-refractivity contribution in [3.05, 3.63) is 89.5 Å². The second-order valence-corrected chi connectivity index (χ2v) is 11.1. The van der Waals surface area contributed by atoms with E-state index in [-0.39, 0.29) is 12.5 Å². The van der Waals surface area contributed by atoms with Crippen LogP contribution >= 0.6 is 7.60 Å². The molecule has 4 N–H and O–H groups in total. The van der Waals surface area contributed by atoms with Crippen molar-refractivity contribution in [2.24, 2.45) is 0 Å². The van der Waals surface area contributed by atoms with Crippen LogP contribution in [0.25, 0.3) is 11.1 Å². The summed E-state index contributed by atoms with van der Waals surface area (Å²) in [5.74, 6) is -3.76. The summed E-state index contributed by atoms with van der Waals surface area (Å²) in [7, 11) is -5.17. The van der Waals surface area contributed by atoms with Gasteiger partial charge in [0.1, 0.15) is 12.1 Å². The van der Waals surface area contributed by atoms with Gasteiger partial charge in [-0.15, -0.1) is 0 Å². The quantitative estimate of drug-likeness (QED) is 0.303. The normalized spacial score (nSPS) is 15.2. The molecule has 0 saturated heterocycles. The third-order valence-corrected chi connectivity index (χ3v) is 7.39. The van der Waals surface area contributed by atoms with Gasteiger partial charge in [0.2, 0.25) is 11.8 Å². The van der Waals surface area contributed by atoms with E-state index in [2.05, 4.69) is 10.6 Å². The predicted octanol–water partition coefficient (Wildman–Crippen LogP) is 5.09. The van der Waals surface area contributed by atoms with Crippen molar-refractivity contribution in [2.75, 3.05) is 11.9 Å². The Kier molecular flexibility index (Phi) is 7.50. The smallest absolute Gasteiger partial charge is 0.408 e. The molecule has 2 atom stereocenters. The van der Waals surface area contributed by atoms with E-state index in [4.69, 9.17) is 4.74 Å². The molecule has 2 amide bonds. The van der Waals surface area contributed by atoms with Crippen LogP contribution in [0.15, 0.2) is 72.8 Å². The van der Waals surface area contributed by atoms with E-state index < -0.39 is 37.5 Å². The number of anilines is 1. The minimum atomic E-state index is -5.17. The fourth-order valence-electron chi connectivity index (χ4n) is 4.42. The lowest BCUT2D eigenvalue weighted by Gasteiger charge is -2.30. The lowest BCUT2D eigenvalue weighted by atomic mass is 9.97. The number of benzene rings is 3. The summed E-state index contributed by atoms with van der Waals surface area (Å²) >= 11 is 0. The molecule has 8 nitrogen and oxygen atoms in total. The number of halogens is 1.